The van der Waals surface area contributed by atoms with Crippen molar-refractivity contribution in [2.24, 2.45) is 47.3 Å². The summed E-state index contributed by atoms with van der Waals surface area (Å²) in [5.74, 6) is 1.30. The average Bonchev–Trinajstić information content (AvgIpc) is 2.91. The molecule has 6 aliphatic heterocycles. The summed E-state index contributed by atoms with van der Waals surface area (Å²) in [5.41, 5.74) is 0. The summed E-state index contributed by atoms with van der Waals surface area (Å²) in [4.78, 5) is 0. The molecule has 310 valence electrons. The summed E-state index contributed by atoms with van der Waals surface area (Å²) in [6.45, 7) is 35.1. The topological polar surface area (TPSA) is 111 Å². The largest absolute Gasteiger partial charge is 0.486 e. The van der Waals surface area contributed by atoms with Crippen LogP contribution in [0.4, 0.5) is 0 Å². The summed E-state index contributed by atoms with van der Waals surface area (Å²) in [5, 5.41) is 0. The SMILES string of the molecule is CC(C)C[Si]12CO[Si]3(CC(C)C)O[Si]4(CC(C)C)O[Si](CC(C)C)(O1)O[Si]1(CC(C)C)O[Si](CC(C)C)(O2)O[Si](CC(C)C)(O3)O[Si](CC(C)C)(O4)O1. The van der Waals surface area contributed by atoms with Gasteiger partial charge in [-0.1, -0.05) is 111 Å². The van der Waals surface area contributed by atoms with Crippen LogP contribution in [0.2, 0.25) is 48.4 Å². The lowest BCUT2D eigenvalue weighted by Gasteiger charge is -2.60. The van der Waals surface area contributed by atoms with Crippen LogP contribution in [0.15, 0.2) is 0 Å². The van der Waals surface area contributed by atoms with Crippen LogP contribution in [-0.4, -0.2) is 76.4 Å². The van der Waals surface area contributed by atoms with Crippen molar-refractivity contribution in [1.82, 2.24) is 0 Å². The Kier molecular flexibility index (Phi) is 14.0. The van der Waals surface area contributed by atoms with E-state index in [0.717, 1.165) is 0 Å². The van der Waals surface area contributed by atoms with Crippen molar-refractivity contribution in [3.8, 4) is 0 Å². The highest BCUT2D eigenvalue weighted by molar-refractivity contribution is 7.02. The molecule has 0 aliphatic carbocycles. The van der Waals surface area contributed by atoms with E-state index in [9.17, 15) is 0 Å². The van der Waals surface area contributed by atoms with Crippen LogP contribution in [-0.2, 0) is 49.7 Å². The highest BCUT2D eigenvalue weighted by Gasteiger charge is 2.81. The number of hydrogen-bond acceptors (Lipinski definition) is 12. The van der Waals surface area contributed by atoms with Crippen molar-refractivity contribution in [2.45, 2.75) is 159 Å². The molecule has 4 unspecified atom stereocenters. The number of rotatable bonds is 16. The Hall–Kier alpha value is 1.26. The predicted molar refractivity (Wildman–Crippen MR) is 221 cm³/mol. The molecule has 8 bridgehead atoms. The maximum absolute atomic E-state index is 7.85. The molecule has 6 saturated heterocycles. The molecule has 4 atom stereocenters. The Morgan fingerprint density at radius 3 is 0.679 bits per heavy atom. The first-order valence-corrected chi connectivity index (χ1v) is 36.4. The summed E-state index contributed by atoms with van der Waals surface area (Å²) in [6, 6.07) is 4.31. The highest BCUT2D eigenvalue weighted by Crippen LogP contribution is 2.54. The molecule has 0 aromatic heterocycles. The van der Waals surface area contributed by atoms with Gasteiger partial charge in [-0.2, -0.15) is 0 Å². The zero-order valence-electron chi connectivity index (χ0n) is 35.9. The first-order chi connectivity index (χ1) is 24.3. The van der Waals surface area contributed by atoms with E-state index in [0.29, 0.717) is 48.4 Å². The molecular formula is C33H74O12Si8. The smallest absolute Gasteiger partial charge is 0.393 e. The molecule has 0 amide bonds. The molecule has 0 spiro atoms. The zero-order chi connectivity index (χ0) is 39.5. The van der Waals surface area contributed by atoms with E-state index >= 15 is 0 Å². The third-order valence-electron chi connectivity index (χ3n) is 9.32. The number of hydrogen-bond donors (Lipinski definition) is 0. The minimum absolute atomic E-state index is 0.146. The van der Waals surface area contributed by atoms with Gasteiger partial charge in [0.25, 0.3) is 0 Å². The predicted octanol–water partition coefficient (Wildman–Crippen LogP) is 9.06. The van der Waals surface area contributed by atoms with Crippen LogP contribution in [0.25, 0.3) is 0 Å². The van der Waals surface area contributed by atoms with Gasteiger partial charge < -0.3 is 49.7 Å². The van der Waals surface area contributed by atoms with E-state index in [1.54, 1.807) is 0 Å². The highest BCUT2D eigenvalue weighted by atomic mass is 28.6. The summed E-state index contributed by atoms with van der Waals surface area (Å²) >= 11 is 0. The van der Waals surface area contributed by atoms with Crippen LogP contribution >= 0.6 is 0 Å². The Bertz CT molecular complexity index is 1110. The van der Waals surface area contributed by atoms with Gasteiger partial charge in [-0.3, -0.25) is 0 Å². The van der Waals surface area contributed by atoms with Gasteiger partial charge in [0.2, 0.25) is 0 Å². The first-order valence-electron chi connectivity index (χ1n) is 20.7. The molecule has 0 aromatic carbocycles. The van der Waals surface area contributed by atoms with Crippen molar-refractivity contribution >= 4 is 70.2 Å². The third kappa shape index (κ3) is 10.7. The molecule has 53 heavy (non-hydrogen) atoms. The lowest BCUT2D eigenvalue weighted by atomic mass is 10.3. The molecule has 6 aliphatic rings. The summed E-state index contributed by atoms with van der Waals surface area (Å²) in [6.07, 6.45) is 0.204. The number of fused-ring (bicyclic) bond motifs is 1. The molecule has 0 saturated carbocycles. The molecule has 0 N–H and O–H groups in total. The first kappa shape index (κ1) is 45.3. The standard InChI is InChI=1S/C33H74O12Si8/c1-26(2)17-46-25-34-47(18-27(3)4)37-50(21-30(9)10)39-48(35-46,19-28(5)6)41-52(23-32(13)14)42-49(36-46,20-29(7)8)40-51(38-47,22-31(11)12)44-53(43-50,45-52)24-33(15)16/h26-33H,17-25H2,1-16H3. The normalized spacial score (nSPS) is 41.7. The van der Waals surface area contributed by atoms with Crippen LogP contribution in [0.5, 0.6) is 0 Å². The minimum atomic E-state index is -3.88. The van der Waals surface area contributed by atoms with Crippen molar-refractivity contribution in [2.75, 3.05) is 6.23 Å². The Labute approximate surface area is 331 Å². The van der Waals surface area contributed by atoms with E-state index in [-0.39, 0.29) is 53.6 Å². The lowest BCUT2D eigenvalue weighted by Crippen LogP contribution is -2.84. The zero-order valence-corrected chi connectivity index (χ0v) is 43.9. The molecule has 0 radical (unpaired) electrons. The van der Waals surface area contributed by atoms with E-state index in [1.165, 1.54) is 0 Å². The van der Waals surface area contributed by atoms with Gasteiger partial charge >= 0.3 is 70.2 Å². The summed E-state index contributed by atoms with van der Waals surface area (Å²) in [7, 11) is -30.4. The van der Waals surface area contributed by atoms with Gasteiger partial charge in [-0.05, 0) is 53.4 Å². The van der Waals surface area contributed by atoms with Crippen LogP contribution in [0, 0.1) is 47.3 Å². The second-order valence-electron chi connectivity index (χ2n) is 19.9. The van der Waals surface area contributed by atoms with E-state index in [2.05, 4.69) is 111 Å². The minimum Gasteiger partial charge on any atom is -0.393 e. The summed E-state index contributed by atoms with van der Waals surface area (Å²) < 4.78 is 93.3. The Morgan fingerprint density at radius 2 is 0.453 bits per heavy atom. The molecular weight excluding hydrogens is 813 g/mol. The van der Waals surface area contributed by atoms with E-state index < -0.39 is 70.2 Å². The molecule has 6 fully saturated rings. The quantitative estimate of drug-likeness (QED) is 0.138. The molecule has 0 aromatic rings. The van der Waals surface area contributed by atoms with Gasteiger partial charge in [-0.15, -0.1) is 0 Å². The second-order valence-corrected chi connectivity index (χ2v) is 44.1. The monoisotopic (exact) mass is 886 g/mol. The van der Waals surface area contributed by atoms with Gasteiger partial charge in [0.1, 0.15) is 0 Å². The third-order valence-corrected chi connectivity index (χ3v) is 49.3. The molecule has 6 heterocycles. The second kappa shape index (κ2) is 16.4. The van der Waals surface area contributed by atoms with Crippen molar-refractivity contribution < 1.29 is 49.7 Å². The van der Waals surface area contributed by atoms with E-state index in [1.807, 2.05) is 0 Å². The fourth-order valence-electron chi connectivity index (χ4n) is 8.61. The van der Waals surface area contributed by atoms with Gasteiger partial charge in [-0.25, -0.2) is 0 Å². The fourth-order valence-corrected chi connectivity index (χ4v) is 59.6. The van der Waals surface area contributed by atoms with Crippen LogP contribution < -0.4 is 0 Å². The fraction of sp³-hybridized carbons (Fsp3) is 1.00. The molecule has 12 nitrogen and oxygen atoms in total. The maximum Gasteiger partial charge on any atom is 0.486 e. The lowest BCUT2D eigenvalue weighted by molar-refractivity contribution is -0.000624. The van der Waals surface area contributed by atoms with Gasteiger partial charge in [0.15, 0.2) is 0 Å². The van der Waals surface area contributed by atoms with Gasteiger partial charge in [0.05, 0.1) is 6.23 Å². The van der Waals surface area contributed by atoms with Crippen molar-refractivity contribution in [1.29, 1.82) is 0 Å². The maximum atomic E-state index is 7.85. The van der Waals surface area contributed by atoms with E-state index in [4.69, 9.17) is 49.7 Å². The Balaban J connectivity index is 1.99. The Morgan fingerprint density at radius 1 is 0.264 bits per heavy atom. The molecule has 20 heteroatoms. The average molecular weight is 888 g/mol. The van der Waals surface area contributed by atoms with Gasteiger partial charge in [0, 0.05) is 42.3 Å². The van der Waals surface area contributed by atoms with Crippen molar-refractivity contribution in [3.63, 3.8) is 0 Å². The van der Waals surface area contributed by atoms with Crippen molar-refractivity contribution in [3.05, 3.63) is 0 Å². The van der Waals surface area contributed by atoms with Crippen LogP contribution in [0.3, 0.4) is 0 Å². The molecule has 6 rings (SSSR count). The van der Waals surface area contributed by atoms with Crippen LogP contribution in [0.1, 0.15) is 111 Å².